The third-order valence-electron chi connectivity index (χ3n) is 6.44. The van der Waals surface area contributed by atoms with Crippen LogP contribution in [-0.2, 0) is 4.79 Å². The summed E-state index contributed by atoms with van der Waals surface area (Å²) in [5.74, 6) is 3.29. The van der Waals surface area contributed by atoms with Gasteiger partial charge in [0.25, 0.3) is 0 Å². The van der Waals surface area contributed by atoms with Crippen LogP contribution in [0.5, 0.6) is 0 Å². The first kappa shape index (κ1) is 12.4. The Morgan fingerprint density at radius 1 is 0.895 bits per heavy atom. The Kier molecular flexibility index (Phi) is 2.98. The lowest BCUT2D eigenvalue weighted by Crippen LogP contribution is -2.55. The Hall–Kier alpha value is -0.370. The molecule has 4 bridgehead atoms. The molecule has 5 rings (SSSR count). The van der Waals surface area contributed by atoms with Crippen LogP contribution in [0.4, 0.5) is 0 Å². The number of Topliss-reactive ketones (excluding diaryl/α,β-unsaturated/α-hetero) is 1. The fraction of sp³-hybridized carbons (Fsp3) is 0.941. The van der Waals surface area contributed by atoms with E-state index in [1.807, 2.05) is 0 Å². The third kappa shape index (κ3) is 2.07. The van der Waals surface area contributed by atoms with E-state index in [9.17, 15) is 4.79 Å². The van der Waals surface area contributed by atoms with Crippen LogP contribution in [0.3, 0.4) is 0 Å². The van der Waals surface area contributed by atoms with Crippen LogP contribution in [0, 0.1) is 23.2 Å². The highest BCUT2D eigenvalue weighted by Gasteiger charge is 2.55. The van der Waals surface area contributed by atoms with E-state index >= 15 is 0 Å². The molecule has 0 amide bonds. The van der Waals surface area contributed by atoms with Crippen molar-refractivity contribution >= 4 is 5.78 Å². The first-order valence-corrected chi connectivity index (χ1v) is 8.53. The van der Waals surface area contributed by atoms with E-state index in [1.54, 1.807) is 0 Å². The minimum Gasteiger partial charge on any atom is -0.307 e. The lowest BCUT2D eigenvalue weighted by atomic mass is 9.48. The van der Waals surface area contributed by atoms with Gasteiger partial charge in [-0.05, 0) is 75.7 Å². The fourth-order valence-electron chi connectivity index (χ4n) is 6.03. The van der Waals surface area contributed by atoms with Crippen LogP contribution in [0.25, 0.3) is 0 Å². The third-order valence-corrected chi connectivity index (χ3v) is 6.44. The molecule has 1 N–H and O–H groups in total. The molecule has 0 aromatic carbocycles. The van der Waals surface area contributed by atoms with Crippen LogP contribution in [-0.4, -0.2) is 18.4 Å². The second kappa shape index (κ2) is 4.58. The number of nitrogens with one attached hydrogen (secondary N) is 1. The van der Waals surface area contributed by atoms with Crippen molar-refractivity contribution in [3.63, 3.8) is 0 Å². The number of hydrogen-bond donors (Lipinski definition) is 1. The van der Waals surface area contributed by atoms with Crippen molar-refractivity contribution in [2.45, 2.75) is 70.3 Å². The van der Waals surface area contributed by atoms with Crippen molar-refractivity contribution in [2.24, 2.45) is 23.2 Å². The number of rotatable bonds is 2. The van der Waals surface area contributed by atoms with Gasteiger partial charge in [0.05, 0.1) is 6.04 Å². The summed E-state index contributed by atoms with van der Waals surface area (Å²) in [5, 5.41) is 3.56. The van der Waals surface area contributed by atoms with Crippen molar-refractivity contribution in [2.75, 3.05) is 6.54 Å². The second-order valence-corrected chi connectivity index (χ2v) is 7.92. The van der Waals surface area contributed by atoms with E-state index in [0.29, 0.717) is 5.78 Å². The summed E-state index contributed by atoms with van der Waals surface area (Å²) >= 11 is 0. The van der Waals surface area contributed by atoms with Crippen molar-refractivity contribution in [1.82, 2.24) is 5.32 Å². The average molecular weight is 261 g/mol. The molecule has 0 aromatic rings. The zero-order valence-corrected chi connectivity index (χ0v) is 12.0. The maximum absolute atomic E-state index is 13.1. The zero-order chi connectivity index (χ0) is 12.9. The van der Waals surface area contributed by atoms with E-state index in [0.717, 1.165) is 30.7 Å². The van der Waals surface area contributed by atoms with E-state index in [-0.39, 0.29) is 11.5 Å². The van der Waals surface area contributed by atoms with E-state index in [4.69, 9.17) is 0 Å². The molecule has 0 spiro atoms. The minimum atomic E-state index is 0.108. The minimum absolute atomic E-state index is 0.108. The molecule has 1 heterocycles. The maximum atomic E-state index is 13.1. The first-order valence-electron chi connectivity index (χ1n) is 8.53. The summed E-state index contributed by atoms with van der Waals surface area (Å²) in [6, 6.07) is 0.193. The van der Waals surface area contributed by atoms with Gasteiger partial charge < -0.3 is 5.32 Å². The predicted molar refractivity (Wildman–Crippen MR) is 75.9 cm³/mol. The van der Waals surface area contributed by atoms with Crippen LogP contribution in [0.15, 0.2) is 0 Å². The summed E-state index contributed by atoms with van der Waals surface area (Å²) in [6.45, 7) is 1.06. The molecule has 5 aliphatic rings. The Bertz CT molecular complexity index is 332. The monoisotopic (exact) mass is 261 g/mol. The Morgan fingerprint density at radius 2 is 1.53 bits per heavy atom. The van der Waals surface area contributed by atoms with Crippen molar-refractivity contribution in [3.05, 3.63) is 0 Å². The van der Waals surface area contributed by atoms with Crippen LogP contribution >= 0.6 is 0 Å². The molecule has 0 aromatic heterocycles. The van der Waals surface area contributed by atoms with Crippen molar-refractivity contribution in [3.8, 4) is 0 Å². The van der Waals surface area contributed by atoms with Gasteiger partial charge in [-0.2, -0.15) is 0 Å². The van der Waals surface area contributed by atoms with Crippen LogP contribution in [0.1, 0.15) is 64.2 Å². The van der Waals surface area contributed by atoms with Gasteiger partial charge in [0, 0.05) is 5.41 Å². The largest absolute Gasteiger partial charge is 0.307 e. The van der Waals surface area contributed by atoms with E-state index < -0.39 is 0 Å². The summed E-state index contributed by atoms with van der Waals surface area (Å²) in [6.07, 6.45) is 12.9. The van der Waals surface area contributed by atoms with Gasteiger partial charge in [-0.1, -0.05) is 12.8 Å². The van der Waals surface area contributed by atoms with Crippen LogP contribution in [0.2, 0.25) is 0 Å². The summed E-state index contributed by atoms with van der Waals surface area (Å²) in [5.41, 5.74) is 0.108. The molecule has 5 fully saturated rings. The van der Waals surface area contributed by atoms with E-state index in [1.165, 1.54) is 57.8 Å². The fourth-order valence-corrected chi connectivity index (χ4v) is 6.03. The summed E-state index contributed by atoms with van der Waals surface area (Å²) in [7, 11) is 0. The number of carbonyl (C=O) groups excluding carboxylic acids is 1. The molecular formula is C17H27NO. The lowest BCUT2D eigenvalue weighted by Gasteiger charge is -2.56. The Morgan fingerprint density at radius 3 is 2.16 bits per heavy atom. The predicted octanol–water partition coefficient (Wildman–Crippen LogP) is 3.30. The smallest absolute Gasteiger partial charge is 0.155 e. The Balaban J connectivity index is 1.55. The van der Waals surface area contributed by atoms with Crippen LogP contribution < -0.4 is 5.32 Å². The van der Waals surface area contributed by atoms with Gasteiger partial charge in [0.2, 0.25) is 0 Å². The van der Waals surface area contributed by atoms with E-state index in [2.05, 4.69) is 5.32 Å². The molecule has 1 saturated heterocycles. The highest BCUT2D eigenvalue weighted by molar-refractivity contribution is 5.90. The quantitative estimate of drug-likeness (QED) is 0.826. The van der Waals surface area contributed by atoms with Gasteiger partial charge in [0.1, 0.15) is 0 Å². The van der Waals surface area contributed by atoms with Crippen molar-refractivity contribution in [1.29, 1.82) is 0 Å². The van der Waals surface area contributed by atoms with Gasteiger partial charge in [-0.25, -0.2) is 0 Å². The normalized spacial score (nSPS) is 49.1. The number of hydrogen-bond acceptors (Lipinski definition) is 2. The molecule has 19 heavy (non-hydrogen) atoms. The molecule has 0 radical (unpaired) electrons. The van der Waals surface area contributed by atoms with Gasteiger partial charge >= 0.3 is 0 Å². The first-order chi connectivity index (χ1) is 9.25. The maximum Gasteiger partial charge on any atom is 0.155 e. The molecule has 1 atom stereocenters. The lowest BCUT2D eigenvalue weighted by molar-refractivity contribution is -0.146. The number of ketones is 1. The molecule has 1 aliphatic heterocycles. The van der Waals surface area contributed by atoms with Crippen molar-refractivity contribution < 1.29 is 4.79 Å². The van der Waals surface area contributed by atoms with Gasteiger partial charge in [-0.3, -0.25) is 4.79 Å². The molecule has 106 valence electrons. The summed E-state index contributed by atoms with van der Waals surface area (Å²) in [4.78, 5) is 13.1. The van der Waals surface area contributed by atoms with Gasteiger partial charge in [0.15, 0.2) is 5.78 Å². The zero-order valence-electron chi connectivity index (χ0n) is 12.0. The average Bonchev–Trinajstić information content (AvgIpc) is 2.65. The molecule has 1 unspecified atom stereocenters. The molecule has 4 saturated carbocycles. The number of carbonyl (C=O) groups is 1. The second-order valence-electron chi connectivity index (χ2n) is 7.92. The molecule has 4 aliphatic carbocycles. The highest BCUT2D eigenvalue weighted by Crippen LogP contribution is 2.60. The molecule has 2 heteroatoms. The topological polar surface area (TPSA) is 29.1 Å². The SMILES string of the molecule is O=C(C1CCCCCN1)C12CC3CC(CC(C3)C1)C2. The highest BCUT2D eigenvalue weighted by atomic mass is 16.1. The molecule has 2 nitrogen and oxygen atoms in total. The van der Waals surface area contributed by atoms with Gasteiger partial charge in [-0.15, -0.1) is 0 Å². The Labute approximate surface area is 116 Å². The summed E-state index contributed by atoms with van der Waals surface area (Å²) < 4.78 is 0. The standard InChI is InChI=1S/C17H27NO/c19-16(15-4-2-1-3-5-18-15)17-9-12-6-13(10-17)8-14(7-12)11-17/h12-15,18H,1-11H2. The molecular weight excluding hydrogens is 234 g/mol.